The molecule has 0 aliphatic rings. The van der Waals surface area contributed by atoms with Gasteiger partial charge in [-0.3, -0.25) is 4.99 Å². The molecule has 7 heteroatoms. The summed E-state index contributed by atoms with van der Waals surface area (Å²) in [5.74, 6) is 0.911. The van der Waals surface area contributed by atoms with E-state index in [1.165, 1.54) is 5.56 Å². The van der Waals surface area contributed by atoms with Crippen LogP contribution < -0.4 is 5.32 Å². The highest BCUT2D eigenvalue weighted by Crippen LogP contribution is 2.11. The zero-order valence-electron chi connectivity index (χ0n) is 14.3. The van der Waals surface area contributed by atoms with Crippen molar-refractivity contribution in [3.05, 3.63) is 50.9 Å². The molecule has 0 saturated carbocycles. The number of hydrogen-bond donors (Lipinski definition) is 1. The van der Waals surface area contributed by atoms with Crippen LogP contribution in [0.25, 0.3) is 0 Å². The highest BCUT2D eigenvalue weighted by atomic mass is 127. The van der Waals surface area contributed by atoms with E-state index in [-0.39, 0.29) is 24.0 Å². The second kappa shape index (κ2) is 10.9. The fourth-order valence-corrected chi connectivity index (χ4v) is 2.98. The van der Waals surface area contributed by atoms with E-state index in [9.17, 15) is 0 Å². The van der Waals surface area contributed by atoms with E-state index in [0.29, 0.717) is 0 Å². The van der Waals surface area contributed by atoms with Gasteiger partial charge in [0.15, 0.2) is 5.96 Å². The first kappa shape index (κ1) is 21.2. The number of hydrogen-bond acceptors (Lipinski definition) is 3. The third-order valence-corrected chi connectivity index (χ3v) is 4.40. The predicted octanol–water partition coefficient (Wildman–Crippen LogP) is 4.36. The van der Waals surface area contributed by atoms with Gasteiger partial charge in [0.05, 0.1) is 10.7 Å². The summed E-state index contributed by atoms with van der Waals surface area (Å²) in [4.78, 5) is 11.3. The average molecular weight is 479 g/mol. The number of nitrogens with zero attached hydrogens (tertiary/aromatic N) is 3. The maximum atomic E-state index is 5.93. The summed E-state index contributed by atoms with van der Waals surface area (Å²) in [6.07, 6.45) is 0.869. The van der Waals surface area contributed by atoms with Crippen LogP contribution in [-0.2, 0) is 13.0 Å². The Balaban J connectivity index is 0.00000288. The van der Waals surface area contributed by atoms with Gasteiger partial charge < -0.3 is 10.2 Å². The smallest absolute Gasteiger partial charge is 0.193 e. The van der Waals surface area contributed by atoms with Crippen LogP contribution in [-0.4, -0.2) is 36.0 Å². The SMILES string of the molecule is CCNC(=NCCc1csc(C)n1)N(C)Cc1ccc(Cl)cc1.I. The summed E-state index contributed by atoms with van der Waals surface area (Å²) in [6, 6.07) is 7.92. The van der Waals surface area contributed by atoms with Crippen LogP contribution in [0.15, 0.2) is 34.6 Å². The number of guanidine groups is 1. The average Bonchev–Trinajstić information content (AvgIpc) is 2.94. The van der Waals surface area contributed by atoms with Gasteiger partial charge in [0.1, 0.15) is 0 Å². The molecule has 1 aromatic carbocycles. The Kier molecular flexibility index (Phi) is 9.61. The Hall–Kier alpha value is -0.860. The van der Waals surface area contributed by atoms with Gasteiger partial charge in [-0.25, -0.2) is 4.98 Å². The monoisotopic (exact) mass is 478 g/mol. The Morgan fingerprint density at radius 2 is 2.04 bits per heavy atom. The van der Waals surface area contributed by atoms with E-state index >= 15 is 0 Å². The molecule has 0 saturated heterocycles. The Labute approximate surface area is 170 Å². The first-order chi connectivity index (χ1) is 11.1. The number of aryl methyl sites for hydroxylation is 1. The molecule has 0 bridgehead atoms. The predicted molar refractivity (Wildman–Crippen MR) is 115 cm³/mol. The Morgan fingerprint density at radius 1 is 1.33 bits per heavy atom. The van der Waals surface area contributed by atoms with Crippen LogP contribution in [0, 0.1) is 6.92 Å². The largest absolute Gasteiger partial charge is 0.357 e. The zero-order valence-corrected chi connectivity index (χ0v) is 18.2. The van der Waals surface area contributed by atoms with Crippen molar-refractivity contribution in [2.24, 2.45) is 4.99 Å². The first-order valence-electron chi connectivity index (χ1n) is 7.73. The molecule has 0 amide bonds. The molecule has 1 heterocycles. The van der Waals surface area contributed by atoms with Gasteiger partial charge in [0, 0.05) is 43.5 Å². The van der Waals surface area contributed by atoms with E-state index in [0.717, 1.165) is 47.7 Å². The van der Waals surface area contributed by atoms with Gasteiger partial charge in [0.25, 0.3) is 0 Å². The lowest BCUT2D eigenvalue weighted by Crippen LogP contribution is -2.38. The highest BCUT2D eigenvalue weighted by Gasteiger charge is 2.07. The minimum absolute atomic E-state index is 0. The lowest BCUT2D eigenvalue weighted by atomic mass is 10.2. The number of aliphatic imine (C=N–C) groups is 1. The second-order valence-electron chi connectivity index (χ2n) is 5.33. The van der Waals surface area contributed by atoms with Gasteiger partial charge in [-0.2, -0.15) is 0 Å². The van der Waals surface area contributed by atoms with E-state index in [1.807, 2.05) is 38.2 Å². The molecule has 0 aliphatic heterocycles. The van der Waals surface area contributed by atoms with Crippen molar-refractivity contribution in [1.29, 1.82) is 0 Å². The summed E-state index contributed by atoms with van der Waals surface area (Å²) < 4.78 is 0. The molecule has 132 valence electrons. The Morgan fingerprint density at radius 3 is 2.62 bits per heavy atom. The summed E-state index contributed by atoms with van der Waals surface area (Å²) >= 11 is 7.62. The van der Waals surface area contributed by atoms with Crippen molar-refractivity contribution < 1.29 is 0 Å². The van der Waals surface area contributed by atoms with E-state index < -0.39 is 0 Å². The van der Waals surface area contributed by atoms with Crippen molar-refractivity contribution in [2.75, 3.05) is 20.1 Å². The fourth-order valence-electron chi connectivity index (χ4n) is 2.21. The molecule has 0 radical (unpaired) electrons. The van der Waals surface area contributed by atoms with Crippen LogP contribution in [0.2, 0.25) is 5.02 Å². The standard InChI is InChI=1S/C17H23ClN4S.HI/c1-4-19-17(20-10-9-16-12-23-13(2)21-16)22(3)11-14-5-7-15(18)8-6-14;/h5-8,12H,4,9-11H2,1-3H3,(H,19,20);1H. The Bertz CT molecular complexity index is 642. The summed E-state index contributed by atoms with van der Waals surface area (Å²) in [7, 11) is 2.04. The molecule has 0 aliphatic carbocycles. The molecule has 4 nitrogen and oxygen atoms in total. The van der Waals surface area contributed by atoms with Crippen molar-refractivity contribution in [3.8, 4) is 0 Å². The topological polar surface area (TPSA) is 40.5 Å². The minimum atomic E-state index is 0. The third-order valence-electron chi connectivity index (χ3n) is 3.33. The van der Waals surface area contributed by atoms with Crippen LogP contribution in [0.3, 0.4) is 0 Å². The summed E-state index contributed by atoms with van der Waals surface area (Å²) in [6.45, 7) is 6.48. The molecule has 0 spiro atoms. The molecular formula is C17H24ClIN4S. The molecule has 2 aromatic rings. The molecule has 0 atom stereocenters. The normalized spacial score (nSPS) is 11.1. The highest BCUT2D eigenvalue weighted by molar-refractivity contribution is 14.0. The van der Waals surface area contributed by atoms with Crippen LogP contribution in [0.4, 0.5) is 0 Å². The molecule has 0 fully saturated rings. The van der Waals surface area contributed by atoms with E-state index in [1.54, 1.807) is 11.3 Å². The first-order valence-corrected chi connectivity index (χ1v) is 8.99. The van der Waals surface area contributed by atoms with Crippen LogP contribution >= 0.6 is 46.9 Å². The lowest BCUT2D eigenvalue weighted by Gasteiger charge is -2.22. The number of nitrogens with one attached hydrogen (secondary N) is 1. The van der Waals surface area contributed by atoms with Crippen molar-refractivity contribution in [2.45, 2.75) is 26.8 Å². The number of halogens is 2. The van der Waals surface area contributed by atoms with Gasteiger partial charge in [0.2, 0.25) is 0 Å². The van der Waals surface area contributed by atoms with Crippen molar-refractivity contribution in [1.82, 2.24) is 15.2 Å². The molecular weight excluding hydrogens is 455 g/mol. The summed E-state index contributed by atoms with van der Waals surface area (Å²) in [5, 5.41) is 7.31. The van der Waals surface area contributed by atoms with E-state index in [4.69, 9.17) is 16.6 Å². The molecule has 0 unspecified atom stereocenters. The summed E-state index contributed by atoms with van der Waals surface area (Å²) in [5.41, 5.74) is 2.32. The maximum Gasteiger partial charge on any atom is 0.193 e. The van der Waals surface area contributed by atoms with Gasteiger partial charge in [-0.15, -0.1) is 35.3 Å². The second-order valence-corrected chi connectivity index (χ2v) is 6.82. The molecule has 24 heavy (non-hydrogen) atoms. The zero-order chi connectivity index (χ0) is 16.7. The van der Waals surface area contributed by atoms with Crippen LogP contribution in [0.5, 0.6) is 0 Å². The third kappa shape index (κ3) is 6.94. The van der Waals surface area contributed by atoms with Crippen molar-refractivity contribution in [3.63, 3.8) is 0 Å². The quantitative estimate of drug-likeness (QED) is 0.381. The van der Waals surface area contributed by atoms with Crippen molar-refractivity contribution >= 4 is 52.9 Å². The number of thiazole rings is 1. The van der Waals surface area contributed by atoms with E-state index in [2.05, 4.69) is 27.5 Å². The maximum absolute atomic E-state index is 5.93. The molecule has 1 N–H and O–H groups in total. The molecule has 2 rings (SSSR count). The number of rotatable bonds is 6. The minimum Gasteiger partial charge on any atom is -0.357 e. The van der Waals surface area contributed by atoms with Gasteiger partial charge >= 0.3 is 0 Å². The van der Waals surface area contributed by atoms with Gasteiger partial charge in [-0.1, -0.05) is 23.7 Å². The van der Waals surface area contributed by atoms with Gasteiger partial charge in [-0.05, 0) is 31.5 Å². The van der Waals surface area contributed by atoms with Crippen LogP contribution in [0.1, 0.15) is 23.2 Å². The lowest BCUT2D eigenvalue weighted by molar-refractivity contribution is 0.477. The molecule has 1 aromatic heterocycles. The number of aromatic nitrogens is 1. The number of benzene rings is 1. The fraction of sp³-hybridized carbons (Fsp3) is 0.412.